The second-order valence-electron chi connectivity index (χ2n) is 6.00. The summed E-state index contributed by atoms with van der Waals surface area (Å²) >= 11 is 0. The molecule has 0 spiro atoms. The molecule has 1 saturated carbocycles. The van der Waals surface area contributed by atoms with Gasteiger partial charge in [0.25, 0.3) is 5.91 Å². The molecular formula is C18H21N3O2. The van der Waals surface area contributed by atoms with Gasteiger partial charge in [-0.3, -0.25) is 9.78 Å². The van der Waals surface area contributed by atoms with Gasteiger partial charge in [-0.15, -0.1) is 0 Å². The van der Waals surface area contributed by atoms with E-state index < -0.39 is 0 Å². The molecule has 5 heteroatoms. The first-order chi connectivity index (χ1) is 11.1. The lowest BCUT2D eigenvalue weighted by atomic mass is 9.93. The summed E-state index contributed by atoms with van der Waals surface area (Å²) in [6.07, 6.45) is 4.65. The maximum absolute atomic E-state index is 12.3. The molecule has 0 saturated heterocycles. The van der Waals surface area contributed by atoms with E-state index in [1.807, 2.05) is 12.1 Å². The van der Waals surface area contributed by atoms with Crippen LogP contribution in [0.3, 0.4) is 0 Å². The van der Waals surface area contributed by atoms with Crippen LogP contribution in [0, 0.1) is 0 Å². The molecule has 0 aliphatic heterocycles. The first-order valence-corrected chi connectivity index (χ1v) is 7.93. The van der Waals surface area contributed by atoms with Gasteiger partial charge in [0.05, 0.1) is 17.5 Å². The van der Waals surface area contributed by atoms with Crippen LogP contribution in [-0.2, 0) is 0 Å². The normalized spacial score (nSPS) is 20.9. The zero-order chi connectivity index (χ0) is 16.2. The van der Waals surface area contributed by atoms with Crippen molar-refractivity contribution in [3.05, 3.63) is 48.2 Å². The number of hydrogen-bond acceptors (Lipinski definition) is 4. The van der Waals surface area contributed by atoms with Crippen molar-refractivity contribution < 1.29 is 9.90 Å². The summed E-state index contributed by atoms with van der Waals surface area (Å²) in [5, 5.41) is 12.5. The molecule has 23 heavy (non-hydrogen) atoms. The number of carbonyl (C=O) groups excluding carboxylic acids is 1. The molecule has 0 atom stereocenters. The van der Waals surface area contributed by atoms with Crippen molar-refractivity contribution in [3.63, 3.8) is 0 Å². The molecular weight excluding hydrogens is 290 g/mol. The van der Waals surface area contributed by atoms with Gasteiger partial charge in [-0.1, -0.05) is 12.1 Å². The molecule has 1 fully saturated rings. The Hall–Kier alpha value is -2.40. The number of nitrogens with zero attached hydrogens (tertiary/aromatic N) is 1. The maximum atomic E-state index is 12.3. The summed E-state index contributed by atoms with van der Waals surface area (Å²) in [4.78, 5) is 16.6. The van der Waals surface area contributed by atoms with Gasteiger partial charge in [0, 0.05) is 23.4 Å². The van der Waals surface area contributed by atoms with Crippen LogP contribution in [0.4, 0.5) is 5.69 Å². The fourth-order valence-corrected chi connectivity index (χ4v) is 2.93. The van der Waals surface area contributed by atoms with Gasteiger partial charge in [0.1, 0.15) is 0 Å². The van der Waals surface area contributed by atoms with E-state index in [2.05, 4.69) is 10.3 Å². The lowest BCUT2D eigenvalue weighted by Gasteiger charge is -2.26. The molecule has 0 unspecified atom stereocenters. The smallest absolute Gasteiger partial charge is 0.251 e. The lowest BCUT2D eigenvalue weighted by molar-refractivity contribution is 0.0867. The Morgan fingerprint density at radius 1 is 1.13 bits per heavy atom. The fraction of sp³-hybridized carbons (Fsp3) is 0.333. The third-order valence-corrected chi connectivity index (χ3v) is 4.29. The minimum absolute atomic E-state index is 0.0769. The number of carbonyl (C=O) groups is 1. The second kappa shape index (κ2) is 6.79. The summed E-state index contributed by atoms with van der Waals surface area (Å²) in [5.41, 5.74) is 8.77. The summed E-state index contributed by atoms with van der Waals surface area (Å²) in [6.45, 7) is 0. The van der Waals surface area contributed by atoms with Gasteiger partial charge in [-0.25, -0.2) is 0 Å². The number of rotatable bonds is 3. The number of aliphatic hydroxyl groups is 1. The molecule has 120 valence electrons. The maximum Gasteiger partial charge on any atom is 0.251 e. The number of hydrogen-bond donors (Lipinski definition) is 3. The Balaban J connectivity index is 1.67. The summed E-state index contributed by atoms with van der Waals surface area (Å²) < 4.78 is 0. The van der Waals surface area contributed by atoms with E-state index in [4.69, 9.17) is 5.73 Å². The van der Waals surface area contributed by atoms with Crippen molar-refractivity contribution in [1.82, 2.24) is 10.3 Å². The first kappa shape index (κ1) is 15.5. The predicted octanol–water partition coefficient (Wildman–Crippen LogP) is 2.36. The number of aromatic nitrogens is 1. The number of nitrogens with one attached hydrogen (secondary N) is 1. The number of anilines is 1. The zero-order valence-corrected chi connectivity index (χ0v) is 12.9. The second-order valence-corrected chi connectivity index (χ2v) is 6.00. The molecule has 0 bridgehead atoms. The van der Waals surface area contributed by atoms with Crippen molar-refractivity contribution in [2.45, 2.75) is 37.8 Å². The number of aliphatic hydroxyl groups excluding tert-OH is 1. The van der Waals surface area contributed by atoms with E-state index in [1.54, 1.807) is 30.5 Å². The molecule has 1 aromatic heterocycles. The molecule has 3 rings (SSSR count). The Bertz CT molecular complexity index is 677. The van der Waals surface area contributed by atoms with E-state index in [-0.39, 0.29) is 18.1 Å². The van der Waals surface area contributed by atoms with Crippen molar-refractivity contribution in [3.8, 4) is 11.3 Å². The Morgan fingerprint density at radius 2 is 1.83 bits per heavy atom. The minimum atomic E-state index is -0.216. The number of benzene rings is 1. The highest BCUT2D eigenvalue weighted by atomic mass is 16.3. The molecule has 1 aliphatic rings. The van der Waals surface area contributed by atoms with Crippen LogP contribution in [0.2, 0.25) is 0 Å². The Morgan fingerprint density at radius 3 is 2.48 bits per heavy atom. The van der Waals surface area contributed by atoms with Crippen LogP contribution in [0.5, 0.6) is 0 Å². The highest BCUT2D eigenvalue weighted by molar-refractivity contribution is 5.95. The monoisotopic (exact) mass is 311 g/mol. The van der Waals surface area contributed by atoms with Crippen molar-refractivity contribution in [1.29, 1.82) is 0 Å². The zero-order valence-electron chi connectivity index (χ0n) is 12.9. The largest absolute Gasteiger partial charge is 0.397 e. The number of pyridine rings is 1. The number of nitrogens with two attached hydrogens (primary N) is 1. The lowest BCUT2D eigenvalue weighted by Crippen LogP contribution is -2.38. The van der Waals surface area contributed by atoms with Gasteiger partial charge in [-0.2, -0.15) is 0 Å². The van der Waals surface area contributed by atoms with E-state index in [1.165, 1.54) is 0 Å². The molecule has 5 nitrogen and oxygen atoms in total. The van der Waals surface area contributed by atoms with E-state index in [0.717, 1.165) is 36.9 Å². The number of nitrogen functional groups attached to an aromatic ring is 1. The fourth-order valence-electron chi connectivity index (χ4n) is 2.93. The highest BCUT2D eigenvalue weighted by Crippen LogP contribution is 2.23. The quantitative estimate of drug-likeness (QED) is 0.812. The summed E-state index contributed by atoms with van der Waals surface area (Å²) in [6, 6.07) is 11.0. The average molecular weight is 311 g/mol. The molecule has 1 amide bonds. The van der Waals surface area contributed by atoms with Crippen LogP contribution in [0.15, 0.2) is 42.6 Å². The molecule has 4 N–H and O–H groups in total. The predicted molar refractivity (Wildman–Crippen MR) is 89.8 cm³/mol. The Kier molecular flexibility index (Phi) is 4.57. The van der Waals surface area contributed by atoms with Gasteiger partial charge in [0.2, 0.25) is 0 Å². The molecule has 1 aromatic carbocycles. The van der Waals surface area contributed by atoms with Crippen molar-refractivity contribution in [2.75, 3.05) is 5.73 Å². The molecule has 2 aromatic rings. The van der Waals surface area contributed by atoms with Gasteiger partial charge < -0.3 is 16.2 Å². The van der Waals surface area contributed by atoms with Gasteiger partial charge in [0.15, 0.2) is 0 Å². The Labute approximate surface area is 135 Å². The number of amides is 1. The summed E-state index contributed by atoms with van der Waals surface area (Å²) in [7, 11) is 0. The van der Waals surface area contributed by atoms with Crippen molar-refractivity contribution in [2.24, 2.45) is 0 Å². The third-order valence-electron chi connectivity index (χ3n) is 4.29. The first-order valence-electron chi connectivity index (χ1n) is 7.93. The van der Waals surface area contributed by atoms with E-state index in [9.17, 15) is 9.90 Å². The minimum Gasteiger partial charge on any atom is -0.397 e. The standard InChI is InChI=1S/C18H21N3O2/c19-16-2-1-11-20-17(16)12-3-5-13(6-4-12)18(23)21-14-7-9-15(22)10-8-14/h1-6,11,14-15,22H,7-10,19H2,(H,21,23). The van der Waals surface area contributed by atoms with E-state index >= 15 is 0 Å². The van der Waals surface area contributed by atoms with Crippen LogP contribution < -0.4 is 11.1 Å². The van der Waals surface area contributed by atoms with Crippen molar-refractivity contribution >= 4 is 11.6 Å². The average Bonchev–Trinajstić information content (AvgIpc) is 2.57. The molecule has 1 heterocycles. The SMILES string of the molecule is Nc1cccnc1-c1ccc(C(=O)NC2CCC(O)CC2)cc1. The molecule has 1 aliphatic carbocycles. The van der Waals surface area contributed by atoms with Crippen LogP contribution in [0.1, 0.15) is 36.0 Å². The third kappa shape index (κ3) is 3.68. The van der Waals surface area contributed by atoms with Crippen LogP contribution >= 0.6 is 0 Å². The van der Waals surface area contributed by atoms with Gasteiger partial charge in [-0.05, 0) is 49.9 Å². The molecule has 0 radical (unpaired) electrons. The highest BCUT2D eigenvalue weighted by Gasteiger charge is 2.21. The summed E-state index contributed by atoms with van der Waals surface area (Å²) in [5.74, 6) is -0.0769. The van der Waals surface area contributed by atoms with Crippen LogP contribution in [0.25, 0.3) is 11.3 Å². The van der Waals surface area contributed by atoms with E-state index in [0.29, 0.717) is 11.3 Å². The van der Waals surface area contributed by atoms with Crippen LogP contribution in [-0.4, -0.2) is 28.1 Å². The topological polar surface area (TPSA) is 88.2 Å². The van der Waals surface area contributed by atoms with Gasteiger partial charge >= 0.3 is 0 Å².